The van der Waals surface area contributed by atoms with E-state index >= 15 is 0 Å². The van der Waals surface area contributed by atoms with Crippen molar-refractivity contribution in [3.8, 4) is 17.3 Å². The molecule has 3 aromatic rings. The van der Waals surface area contributed by atoms with Crippen LogP contribution in [0, 0.1) is 12.8 Å². The van der Waals surface area contributed by atoms with E-state index in [1.54, 1.807) is 12.1 Å². The highest BCUT2D eigenvalue weighted by Crippen LogP contribution is 2.38. The predicted molar refractivity (Wildman–Crippen MR) is 146 cm³/mol. The first-order valence-electron chi connectivity index (χ1n) is 12.1. The van der Waals surface area contributed by atoms with E-state index < -0.39 is 15.9 Å². The number of nitrogens with one attached hydrogen (secondary N) is 1. The van der Waals surface area contributed by atoms with Gasteiger partial charge in [-0.05, 0) is 75.9 Å². The largest absolute Gasteiger partial charge is 0.478 e. The van der Waals surface area contributed by atoms with Crippen LogP contribution in [-0.4, -0.2) is 48.0 Å². The van der Waals surface area contributed by atoms with Crippen LogP contribution in [0.2, 0.25) is 0 Å². The fourth-order valence-corrected chi connectivity index (χ4v) is 5.67. The van der Waals surface area contributed by atoms with Crippen LogP contribution in [0.5, 0.6) is 5.88 Å². The van der Waals surface area contributed by atoms with Gasteiger partial charge in [0.1, 0.15) is 11.6 Å². The molecule has 4 heterocycles. The molecule has 10 nitrogen and oxygen atoms in total. The summed E-state index contributed by atoms with van der Waals surface area (Å²) in [5.74, 6) is 0.464. The summed E-state index contributed by atoms with van der Waals surface area (Å²) in [6, 6.07) is 11.2. The molecule has 4 rings (SSSR count). The number of carbonyl (C=O) groups is 1. The van der Waals surface area contributed by atoms with Crippen LogP contribution in [0.1, 0.15) is 52.9 Å². The molecular formula is C26H36N6O4S. The van der Waals surface area contributed by atoms with Crippen molar-refractivity contribution >= 4 is 27.6 Å². The van der Waals surface area contributed by atoms with E-state index in [2.05, 4.69) is 40.4 Å². The first kappa shape index (κ1) is 26.3. The minimum atomic E-state index is -4.26. The summed E-state index contributed by atoms with van der Waals surface area (Å²) in [5.41, 5.74) is 7.57. The van der Waals surface area contributed by atoms with E-state index in [4.69, 9.17) is 15.5 Å². The van der Waals surface area contributed by atoms with Crippen molar-refractivity contribution in [3.05, 3.63) is 53.6 Å². The Balaban J connectivity index is 0.00000267. The van der Waals surface area contributed by atoms with Gasteiger partial charge in [-0.15, -0.1) is 0 Å². The molecule has 37 heavy (non-hydrogen) atoms. The number of nitrogens with zero attached hydrogens (tertiary/aromatic N) is 4. The monoisotopic (exact) mass is 528 g/mol. The lowest BCUT2D eigenvalue weighted by molar-refractivity contribution is 0.0981. The molecule has 0 bridgehead atoms. The summed E-state index contributed by atoms with van der Waals surface area (Å²) in [6.07, 6.45) is 0.892. The molecule has 11 heteroatoms. The smallest absolute Gasteiger partial charge is 0.281 e. The van der Waals surface area contributed by atoms with E-state index in [1.807, 2.05) is 26.0 Å². The maximum absolute atomic E-state index is 13.4. The van der Waals surface area contributed by atoms with Gasteiger partial charge in [0.15, 0.2) is 5.03 Å². The number of anilines is 2. The van der Waals surface area contributed by atoms with Gasteiger partial charge in [-0.25, -0.2) is 19.7 Å². The van der Waals surface area contributed by atoms with E-state index in [-0.39, 0.29) is 24.8 Å². The summed E-state index contributed by atoms with van der Waals surface area (Å²) < 4.78 is 33.5. The van der Waals surface area contributed by atoms with Crippen LogP contribution in [0.4, 0.5) is 11.6 Å². The highest BCUT2D eigenvalue weighted by atomic mass is 32.2. The number of sulfonamides is 1. The Morgan fingerprint density at radius 3 is 2.59 bits per heavy atom. The van der Waals surface area contributed by atoms with Crippen molar-refractivity contribution < 1.29 is 20.8 Å². The number of amides is 1. The van der Waals surface area contributed by atoms with Crippen LogP contribution in [0.25, 0.3) is 11.4 Å². The molecule has 200 valence electrons. The second kappa shape index (κ2) is 9.97. The molecule has 3 N–H and O–H groups in total. The summed E-state index contributed by atoms with van der Waals surface area (Å²) in [6.45, 7) is 11.3. The lowest BCUT2D eigenvalue weighted by Gasteiger charge is -2.34. The molecule has 0 spiro atoms. The fourth-order valence-electron chi connectivity index (χ4n) is 4.73. The van der Waals surface area contributed by atoms with Crippen LogP contribution >= 0.6 is 0 Å². The van der Waals surface area contributed by atoms with Crippen LogP contribution in [0.3, 0.4) is 0 Å². The Kier molecular flexibility index (Phi) is 7.09. The lowest BCUT2D eigenvalue weighted by atomic mass is 9.97. The number of aryl methyl sites for hydroxylation is 1. The van der Waals surface area contributed by atoms with Gasteiger partial charge >= 0.3 is 0 Å². The summed E-state index contributed by atoms with van der Waals surface area (Å²) >= 11 is 0. The minimum Gasteiger partial charge on any atom is -0.478 e. The highest BCUT2D eigenvalue weighted by Gasteiger charge is 2.39. The standard InChI is InChI=1S/C26H32N6O4S.2H2/c1-6-36-22-13-16(2)12-20(28-22)19-11-10-18(24(29-19)32-15-17(3)14-26(32,4)5)25(33)31-37(34,35)23-9-7-8-21(27)30-23;;/h7-13,17H,6,14-15H2,1-5H3,(H2,27,30)(H,31,33);2*1H/t17-;;/m0../s1. The molecule has 1 saturated heterocycles. The van der Waals surface area contributed by atoms with Gasteiger partial charge in [0, 0.05) is 21.0 Å². The molecule has 1 fully saturated rings. The first-order chi connectivity index (χ1) is 17.4. The molecular weight excluding hydrogens is 492 g/mol. The predicted octanol–water partition coefficient (Wildman–Crippen LogP) is 4.06. The zero-order chi connectivity index (χ0) is 27.0. The summed E-state index contributed by atoms with van der Waals surface area (Å²) in [4.78, 5) is 28.7. The zero-order valence-corrected chi connectivity index (χ0v) is 22.5. The summed E-state index contributed by atoms with van der Waals surface area (Å²) in [7, 11) is -4.26. The number of hydrogen-bond acceptors (Lipinski definition) is 9. The average Bonchev–Trinajstić information content (AvgIpc) is 3.09. The Morgan fingerprint density at radius 1 is 1.19 bits per heavy atom. The number of hydrogen-bond donors (Lipinski definition) is 2. The number of nitrogen functional groups attached to an aromatic ring is 1. The second-order valence-corrected chi connectivity index (χ2v) is 11.6. The van der Waals surface area contributed by atoms with Gasteiger partial charge in [0.2, 0.25) is 5.88 Å². The third-order valence-corrected chi connectivity index (χ3v) is 7.43. The SMILES string of the molecule is CCOc1cc(C)cc(-c2ccc(C(=O)NS(=O)(=O)c3cccc(N)n3)c(N3C[C@@H](C)CC3(C)C)n2)n1.[HH].[HH]. The van der Waals surface area contributed by atoms with Crippen LogP contribution < -0.4 is 20.1 Å². The Hall–Kier alpha value is -3.73. The third-order valence-electron chi connectivity index (χ3n) is 6.20. The molecule has 3 aromatic heterocycles. The Labute approximate surface area is 220 Å². The third kappa shape index (κ3) is 5.66. The van der Waals surface area contributed by atoms with Gasteiger partial charge in [-0.1, -0.05) is 13.0 Å². The van der Waals surface area contributed by atoms with E-state index in [1.165, 1.54) is 18.2 Å². The van der Waals surface area contributed by atoms with Gasteiger partial charge < -0.3 is 15.4 Å². The maximum atomic E-state index is 13.4. The van der Waals surface area contributed by atoms with Gasteiger partial charge in [0.25, 0.3) is 15.9 Å². The number of nitrogens with two attached hydrogens (primary N) is 1. The first-order valence-corrected chi connectivity index (χ1v) is 13.6. The topological polar surface area (TPSA) is 140 Å². The highest BCUT2D eigenvalue weighted by molar-refractivity contribution is 7.90. The number of carbonyl (C=O) groups excluding carboxylic acids is 1. The quantitative estimate of drug-likeness (QED) is 0.464. The van der Waals surface area contributed by atoms with E-state index in [0.29, 0.717) is 42.2 Å². The molecule has 0 aliphatic carbocycles. The molecule has 0 saturated carbocycles. The normalized spacial score (nSPS) is 17.0. The zero-order valence-electron chi connectivity index (χ0n) is 21.6. The van der Waals surface area contributed by atoms with Crippen molar-refractivity contribution in [2.75, 3.05) is 23.8 Å². The van der Waals surface area contributed by atoms with Crippen molar-refractivity contribution in [1.82, 2.24) is 19.7 Å². The number of pyridine rings is 3. The second-order valence-electron chi connectivity index (χ2n) is 9.94. The molecule has 1 aliphatic heterocycles. The van der Waals surface area contributed by atoms with Crippen LogP contribution in [0.15, 0.2) is 47.5 Å². The van der Waals surface area contributed by atoms with Gasteiger partial charge in [0.05, 0.1) is 23.6 Å². The van der Waals surface area contributed by atoms with Gasteiger partial charge in [-0.3, -0.25) is 4.79 Å². The molecule has 0 radical (unpaired) electrons. The Bertz CT molecular complexity index is 1450. The van der Waals surface area contributed by atoms with Crippen molar-refractivity contribution in [2.45, 2.75) is 51.6 Å². The molecule has 0 aromatic carbocycles. The molecule has 1 atom stereocenters. The number of ether oxygens (including phenoxy) is 1. The lowest BCUT2D eigenvalue weighted by Crippen LogP contribution is -2.41. The Morgan fingerprint density at radius 2 is 1.95 bits per heavy atom. The fraction of sp³-hybridized carbons (Fsp3) is 0.385. The van der Waals surface area contributed by atoms with E-state index in [0.717, 1.165) is 12.0 Å². The van der Waals surface area contributed by atoms with Crippen molar-refractivity contribution in [1.29, 1.82) is 0 Å². The molecule has 0 unspecified atom stereocenters. The maximum Gasteiger partial charge on any atom is 0.281 e. The number of aromatic nitrogens is 3. The summed E-state index contributed by atoms with van der Waals surface area (Å²) in [5, 5.41) is -0.338. The molecule has 1 aliphatic rings. The average molecular weight is 529 g/mol. The van der Waals surface area contributed by atoms with Gasteiger partial charge in [-0.2, -0.15) is 8.42 Å². The minimum absolute atomic E-state index is 0. The number of rotatable bonds is 7. The molecule has 1 amide bonds. The van der Waals surface area contributed by atoms with E-state index in [9.17, 15) is 13.2 Å². The van der Waals surface area contributed by atoms with Crippen molar-refractivity contribution in [2.24, 2.45) is 5.92 Å². The van der Waals surface area contributed by atoms with Crippen molar-refractivity contribution in [3.63, 3.8) is 0 Å². The van der Waals surface area contributed by atoms with Crippen LogP contribution in [-0.2, 0) is 10.0 Å².